The molecule has 3 rings (SSSR count). The SMILES string of the molecule is CCc1c(OC)cc(OC)c(Cl)c1-c1cc2cnc(SC)nc2c(COC)n1. The highest BCUT2D eigenvalue weighted by molar-refractivity contribution is 7.98. The van der Waals surface area contributed by atoms with E-state index in [-0.39, 0.29) is 0 Å². The lowest BCUT2D eigenvalue weighted by Gasteiger charge is -2.18. The summed E-state index contributed by atoms with van der Waals surface area (Å²) in [6.07, 6.45) is 4.47. The summed E-state index contributed by atoms with van der Waals surface area (Å²) in [4.78, 5) is 13.8. The summed E-state index contributed by atoms with van der Waals surface area (Å²) in [5.41, 5.74) is 3.96. The van der Waals surface area contributed by atoms with Crippen LogP contribution >= 0.6 is 23.4 Å². The molecule has 2 aromatic heterocycles. The Morgan fingerprint density at radius 1 is 1.07 bits per heavy atom. The van der Waals surface area contributed by atoms with Crippen LogP contribution in [0.3, 0.4) is 0 Å². The number of benzene rings is 1. The van der Waals surface area contributed by atoms with E-state index in [0.717, 1.165) is 34.1 Å². The summed E-state index contributed by atoms with van der Waals surface area (Å²) in [7, 11) is 4.85. The van der Waals surface area contributed by atoms with E-state index in [1.165, 1.54) is 11.8 Å². The van der Waals surface area contributed by atoms with Crippen molar-refractivity contribution < 1.29 is 14.2 Å². The fourth-order valence-corrected chi connectivity index (χ4v) is 3.83. The molecule has 0 atom stereocenters. The first-order valence-corrected chi connectivity index (χ1v) is 10.3. The Kier molecular flexibility index (Phi) is 6.59. The molecule has 0 N–H and O–H groups in total. The van der Waals surface area contributed by atoms with E-state index in [1.807, 2.05) is 12.3 Å². The van der Waals surface area contributed by atoms with E-state index in [0.29, 0.717) is 34.0 Å². The third-order valence-electron chi connectivity index (χ3n) is 4.43. The van der Waals surface area contributed by atoms with Crippen LogP contribution in [0, 0.1) is 0 Å². The predicted molar refractivity (Wildman–Crippen MR) is 113 cm³/mol. The van der Waals surface area contributed by atoms with Gasteiger partial charge in [0.15, 0.2) is 5.16 Å². The average Bonchev–Trinajstić information content (AvgIpc) is 2.72. The fourth-order valence-electron chi connectivity index (χ4n) is 3.15. The van der Waals surface area contributed by atoms with Crippen LogP contribution in [0.15, 0.2) is 23.5 Å². The molecule has 0 aliphatic heterocycles. The zero-order valence-electron chi connectivity index (χ0n) is 16.5. The number of hydrogen-bond donors (Lipinski definition) is 0. The zero-order chi connectivity index (χ0) is 20.3. The number of ether oxygens (including phenoxy) is 3. The van der Waals surface area contributed by atoms with E-state index in [2.05, 4.69) is 16.9 Å². The van der Waals surface area contributed by atoms with E-state index in [4.69, 9.17) is 30.8 Å². The van der Waals surface area contributed by atoms with Gasteiger partial charge in [0.1, 0.15) is 11.5 Å². The molecule has 0 aliphatic rings. The smallest absolute Gasteiger partial charge is 0.187 e. The van der Waals surface area contributed by atoms with Crippen LogP contribution in [0.2, 0.25) is 5.02 Å². The third-order valence-corrected chi connectivity index (χ3v) is 5.36. The highest BCUT2D eigenvalue weighted by atomic mass is 35.5. The van der Waals surface area contributed by atoms with Gasteiger partial charge >= 0.3 is 0 Å². The van der Waals surface area contributed by atoms with Crippen LogP contribution in [-0.4, -0.2) is 42.5 Å². The minimum absolute atomic E-state index is 0.329. The van der Waals surface area contributed by atoms with E-state index in [1.54, 1.807) is 33.6 Å². The molecule has 0 spiro atoms. The summed E-state index contributed by atoms with van der Waals surface area (Å²) in [6.45, 7) is 2.38. The molecule has 148 valence electrons. The summed E-state index contributed by atoms with van der Waals surface area (Å²) in [5, 5.41) is 2.06. The van der Waals surface area contributed by atoms with Gasteiger partial charge in [-0.1, -0.05) is 30.3 Å². The number of halogens is 1. The van der Waals surface area contributed by atoms with E-state index >= 15 is 0 Å². The second-order valence-electron chi connectivity index (χ2n) is 5.98. The van der Waals surface area contributed by atoms with Crippen LogP contribution in [0.4, 0.5) is 0 Å². The van der Waals surface area contributed by atoms with Crippen LogP contribution in [0.5, 0.6) is 11.5 Å². The van der Waals surface area contributed by atoms with Crippen molar-refractivity contribution in [2.45, 2.75) is 25.1 Å². The third kappa shape index (κ3) is 3.74. The predicted octanol–water partition coefficient (Wildman–Crippen LogP) is 4.79. The Balaban J connectivity index is 2.35. The minimum Gasteiger partial charge on any atom is -0.496 e. The van der Waals surface area contributed by atoms with Gasteiger partial charge in [0.25, 0.3) is 0 Å². The molecule has 0 radical (unpaired) electrons. The zero-order valence-corrected chi connectivity index (χ0v) is 18.1. The minimum atomic E-state index is 0.329. The number of hydrogen-bond acceptors (Lipinski definition) is 7. The second-order valence-corrected chi connectivity index (χ2v) is 7.14. The van der Waals surface area contributed by atoms with Crippen molar-refractivity contribution in [2.24, 2.45) is 0 Å². The van der Waals surface area contributed by atoms with Crippen LogP contribution in [-0.2, 0) is 17.8 Å². The largest absolute Gasteiger partial charge is 0.496 e. The van der Waals surface area contributed by atoms with Crippen molar-refractivity contribution in [1.29, 1.82) is 0 Å². The molecule has 6 nitrogen and oxygen atoms in total. The number of rotatable bonds is 7. The first-order valence-electron chi connectivity index (χ1n) is 8.71. The van der Waals surface area contributed by atoms with Crippen molar-refractivity contribution in [3.63, 3.8) is 0 Å². The fraction of sp³-hybridized carbons (Fsp3) is 0.350. The van der Waals surface area contributed by atoms with Crippen LogP contribution < -0.4 is 9.47 Å². The van der Waals surface area contributed by atoms with Gasteiger partial charge < -0.3 is 14.2 Å². The lowest BCUT2D eigenvalue weighted by atomic mass is 9.98. The highest BCUT2D eigenvalue weighted by Crippen LogP contribution is 2.43. The van der Waals surface area contributed by atoms with Gasteiger partial charge in [0.2, 0.25) is 0 Å². The molecule has 0 amide bonds. The van der Waals surface area contributed by atoms with Gasteiger partial charge in [-0.3, -0.25) is 0 Å². The lowest BCUT2D eigenvalue weighted by molar-refractivity contribution is 0.182. The Morgan fingerprint density at radius 2 is 1.82 bits per heavy atom. The van der Waals surface area contributed by atoms with Gasteiger partial charge in [0, 0.05) is 35.9 Å². The highest BCUT2D eigenvalue weighted by Gasteiger charge is 2.21. The monoisotopic (exact) mass is 419 g/mol. The molecular weight excluding hydrogens is 398 g/mol. The first kappa shape index (κ1) is 20.6. The van der Waals surface area contributed by atoms with Gasteiger partial charge in [0.05, 0.1) is 42.8 Å². The molecule has 8 heteroatoms. The quantitative estimate of drug-likeness (QED) is 0.402. The number of methoxy groups -OCH3 is 3. The number of thioether (sulfide) groups is 1. The topological polar surface area (TPSA) is 66.4 Å². The van der Waals surface area contributed by atoms with Crippen LogP contribution in [0.25, 0.3) is 22.2 Å². The maximum absolute atomic E-state index is 6.70. The molecule has 2 heterocycles. The van der Waals surface area contributed by atoms with Crippen molar-refractivity contribution in [1.82, 2.24) is 15.0 Å². The van der Waals surface area contributed by atoms with E-state index < -0.39 is 0 Å². The molecule has 0 saturated carbocycles. The van der Waals surface area contributed by atoms with Crippen molar-refractivity contribution in [3.8, 4) is 22.8 Å². The van der Waals surface area contributed by atoms with Crippen molar-refractivity contribution >= 4 is 34.3 Å². The van der Waals surface area contributed by atoms with Gasteiger partial charge in [-0.2, -0.15) is 0 Å². The maximum atomic E-state index is 6.70. The van der Waals surface area contributed by atoms with Crippen LogP contribution in [0.1, 0.15) is 18.2 Å². The normalized spacial score (nSPS) is 11.1. The van der Waals surface area contributed by atoms with Crippen molar-refractivity contribution in [2.75, 3.05) is 27.6 Å². The molecule has 0 aliphatic carbocycles. The van der Waals surface area contributed by atoms with E-state index in [9.17, 15) is 0 Å². The second kappa shape index (κ2) is 8.94. The summed E-state index contributed by atoms with van der Waals surface area (Å²) < 4.78 is 16.4. The number of aromatic nitrogens is 3. The molecule has 0 unspecified atom stereocenters. The Morgan fingerprint density at radius 3 is 2.43 bits per heavy atom. The summed E-state index contributed by atoms with van der Waals surface area (Å²) in [6, 6.07) is 3.74. The molecule has 0 bridgehead atoms. The standard InChI is InChI=1S/C20H22ClN3O3S/c1-6-12-15(26-3)8-16(27-4)18(21)17(12)13-7-11-9-22-20(28-5)24-19(11)14(23-13)10-25-2/h7-9H,6,10H2,1-5H3. The van der Waals surface area contributed by atoms with Gasteiger partial charge in [-0.05, 0) is 18.7 Å². The molecule has 0 saturated heterocycles. The van der Waals surface area contributed by atoms with Gasteiger partial charge in [-0.15, -0.1) is 0 Å². The Bertz CT molecular complexity index is 1010. The number of fused-ring (bicyclic) bond motifs is 1. The van der Waals surface area contributed by atoms with Gasteiger partial charge in [-0.25, -0.2) is 15.0 Å². The average molecular weight is 420 g/mol. The number of nitrogens with zero attached hydrogens (tertiary/aromatic N) is 3. The van der Waals surface area contributed by atoms with Crippen molar-refractivity contribution in [3.05, 3.63) is 34.6 Å². The first-order chi connectivity index (χ1) is 13.6. The number of pyridine rings is 1. The lowest BCUT2D eigenvalue weighted by Crippen LogP contribution is -2.03. The Labute approximate surface area is 173 Å². The molecule has 0 fully saturated rings. The summed E-state index contributed by atoms with van der Waals surface area (Å²) in [5.74, 6) is 1.25. The Hall–Kier alpha value is -2.09. The summed E-state index contributed by atoms with van der Waals surface area (Å²) >= 11 is 8.18. The molecule has 28 heavy (non-hydrogen) atoms. The molecule has 3 aromatic rings. The molecular formula is C20H22ClN3O3S. The molecule has 1 aromatic carbocycles. The maximum Gasteiger partial charge on any atom is 0.187 e.